The number of halogens is 2. The molecule has 2 aromatic rings. The second-order valence-electron chi connectivity index (χ2n) is 11.5. The standard InChI is InChI=1S/C32H41F2N5O5/c1-21-9-11-25-16-24(21)18-36-29(41)26(12-10-22-6-3-2-4-7-22)37-30(42)27(38-31(43)32(33,34)20-35)17-28(40)39-14-5-8-23(19-39)13-15-44-25/h2-4,6-7,9,11,16,23,26-27H,5,8,10,12-15,17-20,35H2,1H3,(H,36,41)(H,37,42)(H,38,43)/t23?,26-,27-/m0/s1. The summed E-state index contributed by atoms with van der Waals surface area (Å²) in [5.74, 6) is -6.74. The molecular weight excluding hydrogens is 572 g/mol. The minimum absolute atomic E-state index is 0.154. The molecule has 0 spiro atoms. The molecule has 12 heteroatoms. The lowest BCUT2D eigenvalue weighted by Gasteiger charge is -2.34. The van der Waals surface area contributed by atoms with E-state index in [1.165, 1.54) is 0 Å². The highest BCUT2D eigenvalue weighted by molar-refractivity contribution is 5.96. The van der Waals surface area contributed by atoms with Crippen LogP contribution in [0.5, 0.6) is 5.75 Å². The van der Waals surface area contributed by atoms with Gasteiger partial charge in [-0.25, -0.2) is 0 Å². The molecule has 1 unspecified atom stereocenters. The smallest absolute Gasteiger partial charge is 0.336 e. The maximum atomic E-state index is 14.2. The fraction of sp³-hybridized carbons (Fsp3) is 0.500. The summed E-state index contributed by atoms with van der Waals surface area (Å²) in [6.07, 6.45) is 2.39. The predicted octanol–water partition coefficient (Wildman–Crippen LogP) is 2.22. The van der Waals surface area contributed by atoms with Gasteiger partial charge in [0.25, 0.3) is 5.91 Å². The Morgan fingerprint density at radius 1 is 1.11 bits per heavy atom. The summed E-state index contributed by atoms with van der Waals surface area (Å²) in [5.41, 5.74) is 7.80. The van der Waals surface area contributed by atoms with Gasteiger partial charge >= 0.3 is 5.92 Å². The van der Waals surface area contributed by atoms with E-state index in [0.29, 0.717) is 38.3 Å². The van der Waals surface area contributed by atoms with E-state index < -0.39 is 54.6 Å². The monoisotopic (exact) mass is 613 g/mol. The number of ether oxygens (including phenoxy) is 1. The van der Waals surface area contributed by atoms with Gasteiger partial charge in [-0.1, -0.05) is 36.4 Å². The molecule has 2 aliphatic heterocycles. The molecule has 3 atom stereocenters. The van der Waals surface area contributed by atoms with Crippen LogP contribution in [0.15, 0.2) is 48.5 Å². The average molecular weight is 614 g/mol. The number of carbonyl (C=O) groups is 4. The molecule has 1 fully saturated rings. The largest absolute Gasteiger partial charge is 0.494 e. The van der Waals surface area contributed by atoms with Gasteiger partial charge in [0.05, 0.1) is 19.6 Å². The number of nitrogens with zero attached hydrogens (tertiary/aromatic N) is 1. The lowest BCUT2D eigenvalue weighted by Crippen LogP contribution is -2.58. The van der Waals surface area contributed by atoms with Gasteiger partial charge in [-0.05, 0) is 73.8 Å². The third-order valence-corrected chi connectivity index (χ3v) is 8.23. The van der Waals surface area contributed by atoms with E-state index in [-0.39, 0.29) is 18.9 Å². The Bertz CT molecular complexity index is 1330. The lowest BCUT2D eigenvalue weighted by atomic mass is 9.94. The van der Waals surface area contributed by atoms with Crippen LogP contribution in [-0.4, -0.2) is 72.8 Å². The SMILES string of the molecule is Cc1ccc2cc1CNC(=O)[C@H](CCc1ccccc1)NC(=O)[C@@H](NC(=O)C(F)(F)CN)CC(=O)N1CCCC(CCO2)C1. The quantitative estimate of drug-likeness (QED) is 0.394. The zero-order valence-electron chi connectivity index (χ0n) is 25.0. The van der Waals surface area contributed by atoms with Crippen LogP contribution in [0.25, 0.3) is 0 Å². The van der Waals surface area contributed by atoms with Crippen LogP contribution in [0, 0.1) is 12.8 Å². The summed E-state index contributed by atoms with van der Waals surface area (Å²) in [6.45, 7) is 2.12. The van der Waals surface area contributed by atoms with Crippen molar-refractivity contribution in [2.45, 2.75) is 70.0 Å². The fourth-order valence-corrected chi connectivity index (χ4v) is 5.47. The molecule has 1 saturated heterocycles. The first-order chi connectivity index (χ1) is 21.1. The van der Waals surface area contributed by atoms with Crippen LogP contribution >= 0.6 is 0 Å². The third kappa shape index (κ3) is 8.98. The molecule has 2 aromatic carbocycles. The molecule has 10 nitrogen and oxygen atoms in total. The molecule has 4 bridgehead atoms. The van der Waals surface area contributed by atoms with Crippen molar-refractivity contribution in [2.75, 3.05) is 26.2 Å². The van der Waals surface area contributed by atoms with Crippen molar-refractivity contribution >= 4 is 23.6 Å². The van der Waals surface area contributed by atoms with E-state index in [1.54, 1.807) is 4.90 Å². The molecule has 44 heavy (non-hydrogen) atoms. The molecule has 0 saturated carbocycles. The maximum absolute atomic E-state index is 14.2. The molecule has 238 valence electrons. The van der Waals surface area contributed by atoms with Gasteiger partial charge in [0.1, 0.15) is 17.8 Å². The fourth-order valence-electron chi connectivity index (χ4n) is 5.47. The second-order valence-corrected chi connectivity index (χ2v) is 11.5. The van der Waals surface area contributed by atoms with E-state index in [0.717, 1.165) is 29.5 Å². The molecule has 2 heterocycles. The number of rotatable bonds is 6. The van der Waals surface area contributed by atoms with Crippen LogP contribution in [0.3, 0.4) is 0 Å². The van der Waals surface area contributed by atoms with Crippen molar-refractivity contribution < 1.29 is 32.7 Å². The average Bonchev–Trinajstić information content (AvgIpc) is 3.02. The van der Waals surface area contributed by atoms with Crippen LogP contribution in [0.1, 0.15) is 48.8 Å². The summed E-state index contributed by atoms with van der Waals surface area (Å²) in [5, 5.41) is 7.52. The highest BCUT2D eigenvalue weighted by atomic mass is 19.3. The van der Waals surface area contributed by atoms with Crippen LogP contribution in [-0.2, 0) is 32.1 Å². The van der Waals surface area contributed by atoms with Gasteiger partial charge in [0.2, 0.25) is 17.7 Å². The topological polar surface area (TPSA) is 143 Å². The predicted molar refractivity (Wildman–Crippen MR) is 160 cm³/mol. The van der Waals surface area contributed by atoms with Gasteiger partial charge in [-0.2, -0.15) is 8.78 Å². The lowest BCUT2D eigenvalue weighted by molar-refractivity contribution is -0.147. The minimum Gasteiger partial charge on any atom is -0.494 e. The highest BCUT2D eigenvalue weighted by Gasteiger charge is 2.40. The van der Waals surface area contributed by atoms with Crippen molar-refractivity contribution in [2.24, 2.45) is 11.7 Å². The maximum Gasteiger partial charge on any atom is 0.336 e. The van der Waals surface area contributed by atoms with E-state index >= 15 is 0 Å². The molecule has 2 aliphatic rings. The van der Waals surface area contributed by atoms with E-state index in [4.69, 9.17) is 10.5 Å². The number of carbonyl (C=O) groups excluding carboxylic acids is 4. The van der Waals surface area contributed by atoms with E-state index in [9.17, 15) is 28.0 Å². The molecule has 0 aliphatic carbocycles. The van der Waals surface area contributed by atoms with Crippen molar-refractivity contribution in [3.05, 3.63) is 65.2 Å². The van der Waals surface area contributed by atoms with Gasteiger partial charge < -0.3 is 31.3 Å². The molecule has 4 amide bonds. The first-order valence-electron chi connectivity index (χ1n) is 15.1. The Morgan fingerprint density at radius 3 is 2.64 bits per heavy atom. The number of amides is 4. The number of alkyl halides is 2. The summed E-state index contributed by atoms with van der Waals surface area (Å²) >= 11 is 0. The number of aryl methyl sites for hydroxylation is 2. The Kier molecular flexibility index (Phi) is 11.3. The summed E-state index contributed by atoms with van der Waals surface area (Å²) in [6, 6.07) is 12.3. The first-order valence-corrected chi connectivity index (χ1v) is 15.1. The molecule has 5 N–H and O–H groups in total. The number of piperidine rings is 1. The first kappa shape index (κ1) is 32.8. The second kappa shape index (κ2) is 15.1. The summed E-state index contributed by atoms with van der Waals surface area (Å²) in [4.78, 5) is 54.4. The van der Waals surface area contributed by atoms with E-state index in [1.807, 2.05) is 60.8 Å². The molecular formula is C32H41F2N5O5. The Morgan fingerprint density at radius 2 is 1.89 bits per heavy atom. The van der Waals surface area contributed by atoms with Gasteiger partial charge in [0, 0.05) is 19.6 Å². The van der Waals surface area contributed by atoms with E-state index in [2.05, 4.69) is 10.6 Å². The zero-order valence-corrected chi connectivity index (χ0v) is 25.0. The van der Waals surface area contributed by atoms with Crippen molar-refractivity contribution in [3.63, 3.8) is 0 Å². The van der Waals surface area contributed by atoms with Crippen molar-refractivity contribution in [1.82, 2.24) is 20.9 Å². The van der Waals surface area contributed by atoms with Crippen molar-refractivity contribution in [1.29, 1.82) is 0 Å². The number of nitrogens with two attached hydrogens (primary N) is 1. The molecule has 4 rings (SSSR count). The number of benzene rings is 2. The number of hydrogen-bond acceptors (Lipinski definition) is 6. The summed E-state index contributed by atoms with van der Waals surface area (Å²) in [7, 11) is 0. The number of fused-ring (bicyclic) bond motifs is 4. The Hall–Kier alpha value is -4.06. The minimum atomic E-state index is -3.94. The molecule has 0 radical (unpaired) electrons. The van der Waals surface area contributed by atoms with Gasteiger partial charge in [-0.3, -0.25) is 19.2 Å². The zero-order chi connectivity index (χ0) is 31.7. The van der Waals surface area contributed by atoms with Crippen LogP contribution in [0.2, 0.25) is 0 Å². The van der Waals surface area contributed by atoms with Crippen molar-refractivity contribution in [3.8, 4) is 5.75 Å². The van der Waals surface area contributed by atoms with Gasteiger partial charge in [-0.15, -0.1) is 0 Å². The molecule has 0 aromatic heterocycles. The Labute approximate surface area is 256 Å². The Balaban J connectivity index is 1.62. The summed E-state index contributed by atoms with van der Waals surface area (Å²) < 4.78 is 34.3. The normalized spacial score (nSPS) is 22.1. The third-order valence-electron chi connectivity index (χ3n) is 8.23. The highest BCUT2D eigenvalue weighted by Crippen LogP contribution is 2.23. The van der Waals surface area contributed by atoms with Gasteiger partial charge in [0.15, 0.2) is 0 Å². The number of nitrogens with one attached hydrogen (secondary N) is 3. The van der Waals surface area contributed by atoms with Crippen LogP contribution < -0.4 is 26.4 Å². The number of hydrogen-bond donors (Lipinski definition) is 4. The van der Waals surface area contributed by atoms with Crippen LogP contribution in [0.4, 0.5) is 8.78 Å².